The maximum Gasteiger partial charge on any atom is 0.293 e. The van der Waals surface area contributed by atoms with Crippen LogP contribution >= 0.6 is 11.3 Å². The lowest BCUT2D eigenvalue weighted by Gasteiger charge is -2.19. The minimum Gasteiger partial charge on any atom is -0.333 e. The number of carbonyl (C=O) groups is 1. The van der Waals surface area contributed by atoms with E-state index >= 15 is 0 Å². The van der Waals surface area contributed by atoms with Gasteiger partial charge in [-0.05, 0) is 61.5 Å². The number of likely N-dealkylation sites (tertiary alicyclic amines) is 1. The average molecular weight is 385 g/mol. The van der Waals surface area contributed by atoms with Crippen LogP contribution in [-0.4, -0.2) is 44.7 Å². The van der Waals surface area contributed by atoms with Crippen molar-refractivity contribution < 1.29 is 9.18 Å². The summed E-state index contributed by atoms with van der Waals surface area (Å²) in [7, 11) is 0. The molecular formula is C19H20FN5OS. The molecule has 140 valence electrons. The third-order valence-electron chi connectivity index (χ3n) is 4.87. The van der Waals surface area contributed by atoms with Gasteiger partial charge < -0.3 is 10.6 Å². The second-order valence-corrected chi connectivity index (χ2v) is 7.72. The number of rotatable bonds is 4. The quantitative estimate of drug-likeness (QED) is 0.749. The molecule has 0 saturated carbocycles. The van der Waals surface area contributed by atoms with Crippen LogP contribution in [0.4, 0.5) is 4.39 Å². The molecular weight excluding hydrogens is 365 g/mol. The van der Waals surface area contributed by atoms with E-state index in [1.54, 1.807) is 21.7 Å². The summed E-state index contributed by atoms with van der Waals surface area (Å²) in [4.78, 5) is 20.2. The van der Waals surface area contributed by atoms with Crippen molar-refractivity contribution in [1.29, 1.82) is 0 Å². The van der Waals surface area contributed by atoms with Crippen molar-refractivity contribution in [2.45, 2.75) is 19.4 Å². The van der Waals surface area contributed by atoms with E-state index in [2.05, 4.69) is 10.1 Å². The van der Waals surface area contributed by atoms with Crippen LogP contribution in [0.15, 0.2) is 41.8 Å². The van der Waals surface area contributed by atoms with Crippen molar-refractivity contribution in [3.63, 3.8) is 0 Å². The van der Waals surface area contributed by atoms with Gasteiger partial charge in [-0.2, -0.15) is 0 Å². The Balaban J connectivity index is 1.73. The summed E-state index contributed by atoms with van der Waals surface area (Å²) >= 11 is 1.51. The van der Waals surface area contributed by atoms with E-state index in [-0.39, 0.29) is 23.6 Å². The molecule has 2 aromatic heterocycles. The number of nitrogens with two attached hydrogens (primary N) is 1. The largest absolute Gasteiger partial charge is 0.333 e. The Kier molecular flexibility index (Phi) is 4.75. The number of amides is 1. The first-order valence-corrected chi connectivity index (χ1v) is 9.72. The molecule has 0 radical (unpaired) electrons. The number of benzene rings is 1. The highest BCUT2D eigenvalue weighted by atomic mass is 32.1. The van der Waals surface area contributed by atoms with Crippen molar-refractivity contribution in [2.75, 3.05) is 13.1 Å². The number of nitrogens with zero attached hydrogens (tertiary/aromatic N) is 4. The van der Waals surface area contributed by atoms with Gasteiger partial charge in [0.1, 0.15) is 5.82 Å². The van der Waals surface area contributed by atoms with Gasteiger partial charge in [0.05, 0.1) is 10.6 Å². The van der Waals surface area contributed by atoms with Gasteiger partial charge in [0, 0.05) is 12.6 Å². The Morgan fingerprint density at radius 1 is 1.33 bits per heavy atom. The fraction of sp³-hybridized carbons (Fsp3) is 0.316. The molecule has 0 bridgehead atoms. The maximum absolute atomic E-state index is 13.3. The molecule has 8 heteroatoms. The second-order valence-electron chi connectivity index (χ2n) is 6.77. The second kappa shape index (κ2) is 7.21. The monoisotopic (exact) mass is 385 g/mol. The first kappa shape index (κ1) is 17.8. The van der Waals surface area contributed by atoms with Gasteiger partial charge in [-0.1, -0.05) is 6.07 Å². The predicted octanol–water partition coefficient (Wildman–Crippen LogP) is 2.94. The molecule has 3 aromatic rings. The number of carbonyl (C=O) groups excluding carboxylic acids is 1. The van der Waals surface area contributed by atoms with Gasteiger partial charge >= 0.3 is 0 Å². The van der Waals surface area contributed by atoms with E-state index in [0.717, 1.165) is 11.3 Å². The fourth-order valence-corrected chi connectivity index (χ4v) is 4.15. The Morgan fingerprint density at radius 3 is 2.74 bits per heavy atom. The summed E-state index contributed by atoms with van der Waals surface area (Å²) in [6.45, 7) is 3.20. The maximum atomic E-state index is 13.3. The molecule has 1 saturated heterocycles. The third-order valence-corrected chi connectivity index (χ3v) is 5.73. The van der Waals surface area contributed by atoms with E-state index in [9.17, 15) is 9.18 Å². The van der Waals surface area contributed by atoms with E-state index in [4.69, 9.17) is 5.73 Å². The van der Waals surface area contributed by atoms with Crippen LogP contribution in [0.2, 0.25) is 0 Å². The zero-order valence-electron chi connectivity index (χ0n) is 14.9. The zero-order valence-corrected chi connectivity index (χ0v) is 15.7. The summed E-state index contributed by atoms with van der Waals surface area (Å²) in [5.74, 6) is 0.498. The Bertz CT molecular complexity index is 938. The highest BCUT2D eigenvalue weighted by Gasteiger charge is 2.34. The SMILES string of the molecule is CC1CC(CN)CN1C(=O)c1nc(-c2cccs2)n(-c2ccc(F)cc2)n1. The summed E-state index contributed by atoms with van der Waals surface area (Å²) in [5.41, 5.74) is 6.43. The average Bonchev–Trinajstić information content (AvgIpc) is 3.40. The Labute approximate surface area is 160 Å². The summed E-state index contributed by atoms with van der Waals surface area (Å²) < 4.78 is 14.9. The first-order chi connectivity index (χ1) is 13.1. The Morgan fingerprint density at radius 2 is 2.11 bits per heavy atom. The molecule has 2 unspecified atom stereocenters. The van der Waals surface area contributed by atoms with E-state index in [1.807, 2.05) is 24.4 Å². The molecule has 4 rings (SSSR count). The molecule has 2 atom stereocenters. The lowest BCUT2D eigenvalue weighted by atomic mass is 10.1. The normalized spacial score (nSPS) is 19.6. The Hall–Kier alpha value is -2.58. The number of aromatic nitrogens is 3. The van der Waals surface area contributed by atoms with Gasteiger partial charge in [-0.3, -0.25) is 4.79 Å². The predicted molar refractivity (Wildman–Crippen MR) is 102 cm³/mol. The van der Waals surface area contributed by atoms with Crippen LogP contribution in [0.25, 0.3) is 16.4 Å². The van der Waals surface area contributed by atoms with Crippen molar-refractivity contribution in [1.82, 2.24) is 19.7 Å². The molecule has 1 amide bonds. The lowest BCUT2D eigenvalue weighted by Crippen LogP contribution is -2.35. The van der Waals surface area contributed by atoms with Crippen LogP contribution in [0.1, 0.15) is 24.0 Å². The molecule has 1 aliphatic heterocycles. The summed E-state index contributed by atoms with van der Waals surface area (Å²) in [5, 5.41) is 6.40. The van der Waals surface area contributed by atoms with Gasteiger partial charge in [0.25, 0.3) is 5.91 Å². The molecule has 0 spiro atoms. The highest BCUT2D eigenvalue weighted by Crippen LogP contribution is 2.28. The number of thiophene rings is 1. The zero-order chi connectivity index (χ0) is 19.0. The molecule has 1 aliphatic rings. The highest BCUT2D eigenvalue weighted by molar-refractivity contribution is 7.13. The standard InChI is InChI=1S/C19H20FN5OS/c1-12-9-13(10-21)11-24(12)19(26)17-22-18(16-3-2-8-27-16)25(23-17)15-6-4-14(20)5-7-15/h2-8,12-13H,9-11,21H2,1H3. The fourth-order valence-electron chi connectivity index (χ4n) is 3.45. The molecule has 3 heterocycles. The first-order valence-electron chi connectivity index (χ1n) is 8.84. The molecule has 27 heavy (non-hydrogen) atoms. The van der Waals surface area contributed by atoms with Crippen molar-refractivity contribution in [2.24, 2.45) is 11.7 Å². The van der Waals surface area contributed by atoms with Gasteiger partial charge in [0.2, 0.25) is 5.82 Å². The van der Waals surface area contributed by atoms with Crippen molar-refractivity contribution in [3.8, 4) is 16.4 Å². The van der Waals surface area contributed by atoms with Crippen LogP contribution in [-0.2, 0) is 0 Å². The van der Waals surface area contributed by atoms with Crippen molar-refractivity contribution in [3.05, 3.63) is 53.4 Å². The minimum absolute atomic E-state index is 0.106. The third kappa shape index (κ3) is 3.38. The molecule has 6 nitrogen and oxygen atoms in total. The molecule has 1 aromatic carbocycles. The van der Waals surface area contributed by atoms with Crippen LogP contribution in [0, 0.1) is 11.7 Å². The van der Waals surface area contributed by atoms with Crippen LogP contribution < -0.4 is 5.73 Å². The van der Waals surface area contributed by atoms with Crippen LogP contribution in [0.3, 0.4) is 0 Å². The number of hydrogen-bond acceptors (Lipinski definition) is 5. The van der Waals surface area contributed by atoms with Gasteiger partial charge in [0.15, 0.2) is 5.82 Å². The number of hydrogen-bond donors (Lipinski definition) is 1. The van der Waals surface area contributed by atoms with E-state index in [0.29, 0.717) is 30.5 Å². The molecule has 1 fully saturated rings. The lowest BCUT2D eigenvalue weighted by molar-refractivity contribution is 0.0731. The molecule has 0 aliphatic carbocycles. The van der Waals surface area contributed by atoms with E-state index < -0.39 is 0 Å². The topological polar surface area (TPSA) is 77.0 Å². The smallest absolute Gasteiger partial charge is 0.293 e. The van der Waals surface area contributed by atoms with Gasteiger partial charge in [-0.25, -0.2) is 14.1 Å². The van der Waals surface area contributed by atoms with Crippen LogP contribution in [0.5, 0.6) is 0 Å². The number of halogens is 1. The van der Waals surface area contributed by atoms with E-state index in [1.165, 1.54) is 23.5 Å². The molecule has 2 N–H and O–H groups in total. The minimum atomic E-state index is -0.327. The van der Waals surface area contributed by atoms with Gasteiger partial charge in [-0.15, -0.1) is 16.4 Å². The summed E-state index contributed by atoms with van der Waals surface area (Å²) in [6.07, 6.45) is 0.888. The van der Waals surface area contributed by atoms with Crippen molar-refractivity contribution >= 4 is 17.2 Å². The summed E-state index contributed by atoms with van der Waals surface area (Å²) in [6, 6.07) is 9.92.